The predicted octanol–water partition coefficient (Wildman–Crippen LogP) is 1.53. The van der Waals surface area contributed by atoms with Gasteiger partial charge in [-0.05, 0) is 12.8 Å². The van der Waals surface area contributed by atoms with Crippen molar-refractivity contribution in [3.63, 3.8) is 0 Å². The normalized spacial score (nSPS) is 8.50. The van der Waals surface area contributed by atoms with Gasteiger partial charge in [-0.2, -0.15) is 5.26 Å². The highest BCUT2D eigenvalue weighted by atomic mass is 17.1. The Labute approximate surface area is 59.5 Å². The molecule has 10 heavy (non-hydrogen) atoms. The molecule has 0 heterocycles. The van der Waals surface area contributed by atoms with Gasteiger partial charge in [-0.3, -0.25) is 4.89 Å². The molecule has 0 amide bonds. The molecule has 0 fully saturated rings. The first-order valence-corrected chi connectivity index (χ1v) is 2.86. The van der Waals surface area contributed by atoms with E-state index >= 15 is 0 Å². The average Bonchev–Trinajstić information content (AvgIpc) is 1.98. The molecule has 0 spiro atoms. The van der Waals surface area contributed by atoms with Crippen molar-refractivity contribution in [1.29, 1.82) is 0 Å². The topological polar surface area (TPSA) is 46.5 Å². The summed E-state index contributed by atoms with van der Waals surface area (Å²) < 4.78 is 0. The van der Waals surface area contributed by atoms with Crippen LogP contribution in [0.15, 0.2) is 24.8 Å². The molecule has 0 aromatic carbocycles. The lowest BCUT2D eigenvalue weighted by Gasteiger charge is -1.96. The molecular weight excluding hydrogens is 132 g/mol. The Bertz CT molecular complexity index is 149. The maximum Gasteiger partial charge on any atom is 0.368 e. The van der Waals surface area contributed by atoms with Crippen molar-refractivity contribution in [2.24, 2.45) is 0 Å². The summed E-state index contributed by atoms with van der Waals surface area (Å²) in [5, 5.41) is 7.87. The van der Waals surface area contributed by atoms with E-state index in [1.165, 1.54) is 0 Å². The van der Waals surface area contributed by atoms with Crippen molar-refractivity contribution in [3.8, 4) is 0 Å². The fourth-order valence-electron chi connectivity index (χ4n) is 0.443. The van der Waals surface area contributed by atoms with Crippen LogP contribution in [0.3, 0.4) is 0 Å². The van der Waals surface area contributed by atoms with Gasteiger partial charge in [0.15, 0.2) is 0 Å². The molecular formula is C7H10O3. The minimum Gasteiger partial charge on any atom is -0.296 e. The number of carbonyl (C=O) groups excluding carboxylic acids is 1. The van der Waals surface area contributed by atoms with E-state index in [1.54, 1.807) is 6.08 Å². The molecule has 0 atom stereocenters. The van der Waals surface area contributed by atoms with Crippen molar-refractivity contribution in [2.45, 2.75) is 12.8 Å². The van der Waals surface area contributed by atoms with Gasteiger partial charge in [0.25, 0.3) is 0 Å². The van der Waals surface area contributed by atoms with Gasteiger partial charge in [0.1, 0.15) is 0 Å². The summed E-state index contributed by atoms with van der Waals surface area (Å²) in [5.41, 5.74) is 0.252. The monoisotopic (exact) mass is 142 g/mol. The second-order valence-corrected chi connectivity index (χ2v) is 1.81. The highest BCUT2D eigenvalue weighted by Gasteiger charge is 2.05. The minimum atomic E-state index is -0.776. The third kappa shape index (κ3) is 3.04. The molecule has 0 aliphatic rings. The smallest absolute Gasteiger partial charge is 0.296 e. The largest absolute Gasteiger partial charge is 0.368 e. The Hall–Kier alpha value is -1.09. The molecule has 1 N–H and O–H groups in total. The maximum absolute atomic E-state index is 10.4. The highest BCUT2D eigenvalue weighted by Crippen LogP contribution is 2.03. The quantitative estimate of drug-likeness (QED) is 0.280. The molecule has 0 aromatic rings. The first-order valence-electron chi connectivity index (χ1n) is 2.86. The molecule has 0 aromatic heterocycles. The molecule has 0 bridgehead atoms. The van der Waals surface area contributed by atoms with Crippen LogP contribution < -0.4 is 0 Å². The first kappa shape index (κ1) is 8.91. The summed E-state index contributed by atoms with van der Waals surface area (Å²) in [6.45, 7) is 6.84. The van der Waals surface area contributed by atoms with E-state index in [0.29, 0.717) is 12.8 Å². The van der Waals surface area contributed by atoms with Gasteiger partial charge in [-0.15, -0.1) is 6.58 Å². The Morgan fingerprint density at radius 3 is 2.70 bits per heavy atom. The molecule has 0 aliphatic heterocycles. The van der Waals surface area contributed by atoms with Crippen LogP contribution in [0.2, 0.25) is 0 Å². The van der Waals surface area contributed by atoms with E-state index in [2.05, 4.69) is 18.0 Å². The van der Waals surface area contributed by atoms with Gasteiger partial charge < -0.3 is 0 Å². The highest BCUT2D eigenvalue weighted by molar-refractivity contribution is 5.87. The van der Waals surface area contributed by atoms with Crippen LogP contribution in [0.25, 0.3) is 0 Å². The summed E-state index contributed by atoms with van der Waals surface area (Å²) in [5.74, 6) is -0.776. The van der Waals surface area contributed by atoms with Crippen LogP contribution in [0.5, 0.6) is 0 Å². The zero-order chi connectivity index (χ0) is 7.98. The number of hydrogen-bond acceptors (Lipinski definition) is 3. The maximum atomic E-state index is 10.4. The molecule has 0 saturated carbocycles. The average molecular weight is 142 g/mol. The second kappa shape index (κ2) is 4.76. The van der Waals surface area contributed by atoms with E-state index in [4.69, 9.17) is 5.26 Å². The van der Waals surface area contributed by atoms with Gasteiger partial charge in [0.2, 0.25) is 0 Å². The summed E-state index contributed by atoms with van der Waals surface area (Å²) >= 11 is 0. The molecule has 0 aliphatic carbocycles. The van der Waals surface area contributed by atoms with Gasteiger partial charge in [-0.1, -0.05) is 12.7 Å². The first-order chi connectivity index (χ1) is 4.72. The van der Waals surface area contributed by atoms with Crippen LogP contribution >= 0.6 is 0 Å². The Morgan fingerprint density at radius 1 is 1.70 bits per heavy atom. The van der Waals surface area contributed by atoms with E-state index in [0.717, 1.165) is 0 Å². The number of hydrogen-bond donors (Lipinski definition) is 1. The fraction of sp³-hybridized carbons (Fsp3) is 0.286. The molecule has 3 heteroatoms. The van der Waals surface area contributed by atoms with Crippen LogP contribution in [-0.4, -0.2) is 11.2 Å². The molecule has 0 unspecified atom stereocenters. The molecule has 0 radical (unpaired) electrons. The lowest BCUT2D eigenvalue weighted by atomic mass is 10.2. The van der Waals surface area contributed by atoms with E-state index in [9.17, 15) is 4.79 Å². The molecule has 0 saturated heterocycles. The molecule has 3 nitrogen and oxygen atoms in total. The summed E-state index contributed by atoms with van der Waals surface area (Å²) in [4.78, 5) is 13.8. The summed E-state index contributed by atoms with van der Waals surface area (Å²) in [6.07, 6.45) is 2.80. The third-order valence-electron chi connectivity index (χ3n) is 1.02. The molecule has 0 rings (SSSR count). The number of rotatable bonds is 4. The second-order valence-electron chi connectivity index (χ2n) is 1.81. The standard InChI is InChI=1S/C7H10O3/c1-3-4-5-6(2)7(8)10-9/h3,9H,1-2,4-5H2. The van der Waals surface area contributed by atoms with Gasteiger partial charge in [0.05, 0.1) is 0 Å². The number of carbonyl (C=O) groups is 1. The van der Waals surface area contributed by atoms with Crippen LogP contribution in [-0.2, 0) is 9.68 Å². The van der Waals surface area contributed by atoms with Gasteiger partial charge in [-0.25, -0.2) is 4.79 Å². The van der Waals surface area contributed by atoms with E-state index in [-0.39, 0.29) is 5.57 Å². The SMILES string of the molecule is C=CCCC(=C)C(=O)OO. The zero-order valence-corrected chi connectivity index (χ0v) is 5.67. The van der Waals surface area contributed by atoms with Crippen molar-refractivity contribution < 1.29 is 14.9 Å². The number of allylic oxidation sites excluding steroid dienone is 1. The molecule has 56 valence electrons. The van der Waals surface area contributed by atoms with Crippen molar-refractivity contribution in [3.05, 3.63) is 24.8 Å². The predicted molar refractivity (Wildman–Crippen MR) is 37.3 cm³/mol. The van der Waals surface area contributed by atoms with Crippen molar-refractivity contribution in [1.82, 2.24) is 0 Å². The lowest BCUT2D eigenvalue weighted by Crippen LogP contribution is -2.03. The van der Waals surface area contributed by atoms with Crippen LogP contribution in [0.1, 0.15) is 12.8 Å². The van der Waals surface area contributed by atoms with Crippen molar-refractivity contribution >= 4 is 5.97 Å². The van der Waals surface area contributed by atoms with Gasteiger partial charge in [0, 0.05) is 5.57 Å². The Kier molecular flexibility index (Phi) is 4.24. The van der Waals surface area contributed by atoms with E-state index < -0.39 is 5.97 Å². The van der Waals surface area contributed by atoms with Crippen LogP contribution in [0.4, 0.5) is 0 Å². The third-order valence-corrected chi connectivity index (χ3v) is 1.02. The van der Waals surface area contributed by atoms with Crippen LogP contribution in [0, 0.1) is 0 Å². The Balaban J connectivity index is 3.62. The lowest BCUT2D eigenvalue weighted by molar-refractivity contribution is -0.229. The van der Waals surface area contributed by atoms with Gasteiger partial charge >= 0.3 is 5.97 Å². The minimum absolute atomic E-state index is 0.252. The van der Waals surface area contributed by atoms with E-state index in [1.807, 2.05) is 0 Å². The van der Waals surface area contributed by atoms with Crippen molar-refractivity contribution in [2.75, 3.05) is 0 Å². The summed E-state index contributed by atoms with van der Waals surface area (Å²) in [6, 6.07) is 0. The summed E-state index contributed by atoms with van der Waals surface area (Å²) in [7, 11) is 0. The Morgan fingerprint density at radius 2 is 2.30 bits per heavy atom. The fourth-order valence-corrected chi connectivity index (χ4v) is 0.443. The zero-order valence-electron chi connectivity index (χ0n) is 5.67.